The molecule has 0 fully saturated rings. The quantitative estimate of drug-likeness (QED) is 0.807. The van der Waals surface area contributed by atoms with Gasteiger partial charge in [0.2, 0.25) is 0 Å². The number of H-pyrrole nitrogens is 1. The van der Waals surface area contributed by atoms with Crippen LogP contribution in [0.3, 0.4) is 0 Å². The summed E-state index contributed by atoms with van der Waals surface area (Å²) in [5.41, 5.74) is 6.95. The van der Waals surface area contributed by atoms with Gasteiger partial charge in [-0.3, -0.25) is 10.00 Å². The molecule has 0 aromatic carbocycles. The van der Waals surface area contributed by atoms with Crippen LogP contribution in [0.25, 0.3) is 5.57 Å². The van der Waals surface area contributed by atoms with E-state index in [4.69, 9.17) is 10.5 Å². The number of nitrogens with one attached hydrogen (secondary N) is 1. The highest BCUT2D eigenvalue weighted by Crippen LogP contribution is 2.29. The molecule has 2 rings (SSSR count). The molecule has 8 heteroatoms. The molecule has 0 saturated heterocycles. The van der Waals surface area contributed by atoms with Gasteiger partial charge >= 0.3 is 12.1 Å². The molecule has 0 unspecified atom stereocenters. The first kappa shape index (κ1) is 16.9. The maximum atomic E-state index is 12.2. The fraction of sp³-hybridized carbons (Fsp3) is 0.533. The van der Waals surface area contributed by atoms with Gasteiger partial charge in [0.25, 0.3) is 0 Å². The summed E-state index contributed by atoms with van der Waals surface area (Å²) >= 11 is 0. The smallest absolute Gasteiger partial charge is 0.414 e. The van der Waals surface area contributed by atoms with Gasteiger partial charge in [-0.25, -0.2) is 9.59 Å². The Balaban J connectivity index is 2.24. The van der Waals surface area contributed by atoms with Gasteiger partial charge in [0.05, 0.1) is 12.8 Å². The lowest BCUT2D eigenvalue weighted by Gasteiger charge is -2.28. The minimum Gasteiger partial charge on any atom is -0.464 e. The van der Waals surface area contributed by atoms with E-state index in [9.17, 15) is 9.59 Å². The van der Waals surface area contributed by atoms with Gasteiger partial charge in [0, 0.05) is 12.7 Å². The largest absolute Gasteiger partial charge is 0.464 e. The normalized spacial score (nSPS) is 15.1. The van der Waals surface area contributed by atoms with Crippen molar-refractivity contribution in [1.82, 2.24) is 15.1 Å². The number of aromatic amines is 1. The van der Waals surface area contributed by atoms with Crippen molar-refractivity contribution in [3.63, 3.8) is 0 Å². The minimum atomic E-state index is -0.582. The average Bonchev–Trinajstić information content (AvgIpc) is 2.86. The summed E-state index contributed by atoms with van der Waals surface area (Å²) < 4.78 is 10.00. The molecule has 0 aliphatic carbocycles. The molecule has 0 saturated carbocycles. The second kappa shape index (κ2) is 6.31. The standard InChI is InChI=1S/C15H22N4O4/c1-15(2,3)23-14(21)19-7-5-6-9(8-19)11-10(16)12(18-17-11)13(20)22-4/h8H,5-7,16H2,1-4H3,(H,17,18). The summed E-state index contributed by atoms with van der Waals surface area (Å²) in [4.78, 5) is 25.2. The first-order chi connectivity index (χ1) is 10.7. The van der Waals surface area contributed by atoms with Crippen LogP contribution in [-0.2, 0) is 9.47 Å². The van der Waals surface area contributed by atoms with Gasteiger partial charge in [0.1, 0.15) is 11.3 Å². The van der Waals surface area contributed by atoms with E-state index in [0.29, 0.717) is 18.7 Å². The molecule has 0 spiro atoms. The van der Waals surface area contributed by atoms with Crippen molar-refractivity contribution in [2.45, 2.75) is 39.2 Å². The van der Waals surface area contributed by atoms with Crippen LogP contribution in [0.1, 0.15) is 49.8 Å². The van der Waals surface area contributed by atoms with Crippen LogP contribution in [0.4, 0.5) is 10.5 Å². The highest BCUT2D eigenvalue weighted by molar-refractivity contribution is 5.95. The van der Waals surface area contributed by atoms with E-state index >= 15 is 0 Å². The summed E-state index contributed by atoms with van der Waals surface area (Å²) in [5, 5.41) is 6.66. The number of rotatable bonds is 2. The number of nitrogens with two attached hydrogens (primary N) is 1. The lowest BCUT2D eigenvalue weighted by Crippen LogP contribution is -2.35. The Hall–Kier alpha value is -2.51. The highest BCUT2D eigenvalue weighted by atomic mass is 16.6. The first-order valence-corrected chi connectivity index (χ1v) is 7.36. The molecule has 126 valence electrons. The lowest BCUT2D eigenvalue weighted by atomic mass is 10.0. The molecule has 0 bridgehead atoms. The summed E-state index contributed by atoms with van der Waals surface area (Å²) in [6.07, 6.45) is 2.71. The van der Waals surface area contributed by atoms with Gasteiger partial charge in [-0.1, -0.05) is 0 Å². The van der Waals surface area contributed by atoms with Crippen LogP contribution in [0.2, 0.25) is 0 Å². The Morgan fingerprint density at radius 1 is 1.39 bits per heavy atom. The van der Waals surface area contributed by atoms with Gasteiger partial charge in [0.15, 0.2) is 5.69 Å². The Morgan fingerprint density at radius 2 is 2.09 bits per heavy atom. The second-order valence-corrected chi connectivity index (χ2v) is 6.28. The number of allylic oxidation sites excluding steroid dienone is 1. The molecular formula is C15H22N4O4. The Kier molecular flexibility index (Phi) is 4.63. The van der Waals surface area contributed by atoms with Crippen molar-refractivity contribution < 1.29 is 19.1 Å². The number of anilines is 1. The zero-order valence-corrected chi connectivity index (χ0v) is 13.8. The monoisotopic (exact) mass is 322 g/mol. The predicted molar refractivity (Wildman–Crippen MR) is 84.5 cm³/mol. The Bertz CT molecular complexity index is 642. The first-order valence-electron chi connectivity index (χ1n) is 7.36. The van der Waals surface area contributed by atoms with Gasteiger partial charge in [-0.05, 0) is 39.2 Å². The van der Waals surface area contributed by atoms with E-state index in [-0.39, 0.29) is 11.4 Å². The van der Waals surface area contributed by atoms with Crippen LogP contribution in [0.15, 0.2) is 6.20 Å². The summed E-state index contributed by atoms with van der Waals surface area (Å²) in [6.45, 7) is 6.00. The minimum absolute atomic E-state index is 0.109. The molecule has 3 N–H and O–H groups in total. The zero-order chi connectivity index (χ0) is 17.2. The molecule has 1 amide bonds. The predicted octanol–water partition coefficient (Wildman–Crippen LogP) is 2.15. The van der Waals surface area contributed by atoms with Crippen molar-refractivity contribution in [3.05, 3.63) is 17.6 Å². The van der Waals surface area contributed by atoms with E-state index in [1.807, 2.05) is 20.8 Å². The van der Waals surface area contributed by atoms with Crippen molar-refractivity contribution >= 4 is 23.3 Å². The van der Waals surface area contributed by atoms with E-state index in [0.717, 1.165) is 12.0 Å². The number of nitrogens with zero attached hydrogens (tertiary/aromatic N) is 2. The number of methoxy groups -OCH3 is 1. The van der Waals surface area contributed by atoms with Crippen LogP contribution >= 0.6 is 0 Å². The van der Waals surface area contributed by atoms with E-state index in [1.165, 1.54) is 12.0 Å². The molecule has 23 heavy (non-hydrogen) atoms. The number of amides is 1. The number of carbonyl (C=O) groups excluding carboxylic acids is 2. The Labute approximate surface area is 134 Å². The molecule has 1 aliphatic heterocycles. The molecular weight excluding hydrogens is 300 g/mol. The maximum Gasteiger partial charge on any atom is 0.414 e. The van der Waals surface area contributed by atoms with E-state index in [2.05, 4.69) is 14.9 Å². The van der Waals surface area contributed by atoms with Crippen molar-refractivity contribution in [1.29, 1.82) is 0 Å². The number of hydrogen-bond acceptors (Lipinski definition) is 6. The number of ether oxygens (including phenoxy) is 2. The van der Waals surface area contributed by atoms with Crippen molar-refractivity contribution in [2.75, 3.05) is 19.4 Å². The Morgan fingerprint density at radius 3 is 2.70 bits per heavy atom. The topological polar surface area (TPSA) is 111 Å². The van der Waals surface area contributed by atoms with Crippen LogP contribution in [0.5, 0.6) is 0 Å². The molecule has 8 nitrogen and oxygen atoms in total. The number of esters is 1. The fourth-order valence-corrected chi connectivity index (χ4v) is 2.25. The molecule has 0 atom stereocenters. The summed E-state index contributed by atoms with van der Waals surface area (Å²) in [7, 11) is 1.27. The van der Waals surface area contributed by atoms with Gasteiger partial charge in [-0.2, -0.15) is 5.10 Å². The maximum absolute atomic E-state index is 12.2. The van der Waals surface area contributed by atoms with Crippen molar-refractivity contribution in [2.24, 2.45) is 0 Å². The molecule has 0 radical (unpaired) electrons. The van der Waals surface area contributed by atoms with E-state index in [1.54, 1.807) is 6.20 Å². The average molecular weight is 322 g/mol. The number of hydrogen-bond donors (Lipinski definition) is 2. The molecule has 1 aromatic rings. The zero-order valence-electron chi connectivity index (χ0n) is 13.8. The SMILES string of the molecule is COC(=O)c1[nH]nc(C2=CN(C(=O)OC(C)(C)C)CCC2)c1N. The lowest BCUT2D eigenvalue weighted by molar-refractivity contribution is 0.0329. The van der Waals surface area contributed by atoms with Crippen LogP contribution in [-0.4, -0.2) is 46.4 Å². The number of aromatic nitrogens is 2. The summed E-state index contributed by atoms with van der Waals surface area (Å²) in [5.74, 6) is -0.582. The third-order valence-corrected chi connectivity index (χ3v) is 3.28. The second-order valence-electron chi connectivity index (χ2n) is 6.28. The fourth-order valence-electron chi connectivity index (χ4n) is 2.25. The van der Waals surface area contributed by atoms with E-state index < -0.39 is 17.7 Å². The van der Waals surface area contributed by atoms with Crippen molar-refractivity contribution in [3.8, 4) is 0 Å². The van der Waals surface area contributed by atoms with Crippen LogP contribution < -0.4 is 5.73 Å². The molecule has 2 heterocycles. The third-order valence-electron chi connectivity index (χ3n) is 3.28. The number of nitrogen functional groups attached to an aromatic ring is 1. The number of carbonyl (C=O) groups is 2. The van der Waals surface area contributed by atoms with Crippen LogP contribution in [0, 0.1) is 0 Å². The highest BCUT2D eigenvalue weighted by Gasteiger charge is 2.26. The van der Waals surface area contributed by atoms with Gasteiger partial charge < -0.3 is 15.2 Å². The molecule has 1 aromatic heterocycles. The molecule has 1 aliphatic rings. The van der Waals surface area contributed by atoms with Gasteiger partial charge in [-0.15, -0.1) is 0 Å². The third kappa shape index (κ3) is 3.82. The summed E-state index contributed by atoms with van der Waals surface area (Å²) in [6, 6.07) is 0.